The first kappa shape index (κ1) is 9.85. The summed E-state index contributed by atoms with van der Waals surface area (Å²) in [5.41, 5.74) is 1.94. The minimum atomic E-state index is -0.232. The summed E-state index contributed by atoms with van der Waals surface area (Å²) in [5.74, 6) is 0.769. The minimum absolute atomic E-state index is 0.232. The second kappa shape index (κ2) is 3.59. The van der Waals surface area contributed by atoms with E-state index in [0.717, 1.165) is 37.1 Å². The van der Waals surface area contributed by atoms with Crippen LogP contribution < -0.4 is 0 Å². The number of hydrogen-bond acceptors (Lipinski definition) is 2. The van der Waals surface area contributed by atoms with Crippen LogP contribution in [0.1, 0.15) is 17.7 Å². The van der Waals surface area contributed by atoms with E-state index in [1.165, 1.54) is 17.7 Å². The molecule has 0 bridgehead atoms. The van der Waals surface area contributed by atoms with E-state index in [0.29, 0.717) is 5.58 Å². The van der Waals surface area contributed by atoms with Crippen LogP contribution in [0.4, 0.5) is 4.39 Å². The van der Waals surface area contributed by atoms with Gasteiger partial charge in [0.1, 0.15) is 17.2 Å². The van der Waals surface area contributed by atoms with Crippen LogP contribution in [-0.4, -0.2) is 18.5 Å². The Labute approximate surface area is 93.7 Å². The smallest absolute Gasteiger partial charge is 0.137 e. The minimum Gasteiger partial charge on any atom is -0.459 e. The van der Waals surface area contributed by atoms with Gasteiger partial charge in [-0.1, -0.05) is 0 Å². The molecule has 0 amide bonds. The van der Waals surface area contributed by atoms with Crippen molar-refractivity contribution in [3.05, 3.63) is 35.3 Å². The maximum atomic E-state index is 13.1. The number of fused-ring (bicyclic) bond motifs is 3. The highest BCUT2D eigenvalue weighted by Gasteiger charge is 2.18. The first-order chi connectivity index (χ1) is 7.74. The van der Waals surface area contributed by atoms with Crippen molar-refractivity contribution in [2.45, 2.75) is 19.4 Å². The monoisotopic (exact) mass is 219 g/mol. The second-order valence-electron chi connectivity index (χ2n) is 4.49. The third kappa shape index (κ3) is 1.52. The number of aryl methyl sites for hydroxylation is 1. The Morgan fingerprint density at radius 2 is 2.25 bits per heavy atom. The Balaban J connectivity index is 2.18. The molecule has 3 heteroatoms. The van der Waals surface area contributed by atoms with Gasteiger partial charge in [0, 0.05) is 17.0 Å². The molecule has 0 radical (unpaired) electrons. The third-order valence-electron chi connectivity index (χ3n) is 3.22. The van der Waals surface area contributed by atoms with Crippen molar-refractivity contribution >= 4 is 11.0 Å². The summed E-state index contributed by atoms with van der Waals surface area (Å²) in [6, 6.07) is 4.81. The Hall–Kier alpha value is -1.35. The summed E-state index contributed by atoms with van der Waals surface area (Å²) < 4.78 is 18.8. The zero-order valence-corrected chi connectivity index (χ0v) is 9.29. The predicted molar refractivity (Wildman–Crippen MR) is 60.8 cm³/mol. The summed E-state index contributed by atoms with van der Waals surface area (Å²) in [7, 11) is 2.09. The highest BCUT2D eigenvalue weighted by molar-refractivity contribution is 5.82. The predicted octanol–water partition coefficient (Wildman–Crippen LogP) is 2.95. The second-order valence-corrected chi connectivity index (χ2v) is 4.49. The van der Waals surface area contributed by atoms with Crippen molar-refractivity contribution in [1.82, 2.24) is 4.90 Å². The van der Waals surface area contributed by atoms with Gasteiger partial charge in [0.05, 0.1) is 6.54 Å². The SMILES string of the molecule is CN1CCCc2c(oc3cc(F)ccc23)C1. The molecule has 16 heavy (non-hydrogen) atoms. The van der Waals surface area contributed by atoms with Gasteiger partial charge < -0.3 is 4.42 Å². The molecule has 0 saturated heterocycles. The van der Waals surface area contributed by atoms with E-state index in [9.17, 15) is 4.39 Å². The summed E-state index contributed by atoms with van der Waals surface area (Å²) in [4.78, 5) is 2.24. The first-order valence-electron chi connectivity index (χ1n) is 5.62. The number of hydrogen-bond donors (Lipinski definition) is 0. The van der Waals surface area contributed by atoms with Crippen LogP contribution in [0.25, 0.3) is 11.0 Å². The summed E-state index contributed by atoms with van der Waals surface area (Å²) in [6.45, 7) is 1.92. The third-order valence-corrected chi connectivity index (χ3v) is 3.22. The first-order valence-corrected chi connectivity index (χ1v) is 5.62. The lowest BCUT2D eigenvalue weighted by molar-refractivity contribution is 0.306. The number of nitrogens with zero attached hydrogens (tertiary/aromatic N) is 1. The standard InChI is InChI=1S/C13H14FNO/c1-15-6-2-3-10-11-5-4-9(14)7-12(11)16-13(10)8-15/h4-5,7H,2-3,6,8H2,1H3. The normalized spacial score (nSPS) is 17.4. The molecule has 0 saturated carbocycles. The fourth-order valence-corrected chi connectivity index (χ4v) is 2.43. The molecule has 0 spiro atoms. The van der Waals surface area contributed by atoms with Crippen molar-refractivity contribution in [3.63, 3.8) is 0 Å². The van der Waals surface area contributed by atoms with E-state index in [1.54, 1.807) is 0 Å². The van der Waals surface area contributed by atoms with Gasteiger partial charge in [-0.3, -0.25) is 4.90 Å². The van der Waals surface area contributed by atoms with E-state index in [-0.39, 0.29) is 5.82 Å². The number of benzene rings is 1. The molecule has 2 aromatic rings. The zero-order valence-electron chi connectivity index (χ0n) is 9.29. The Morgan fingerprint density at radius 1 is 1.38 bits per heavy atom. The van der Waals surface area contributed by atoms with Gasteiger partial charge in [-0.15, -0.1) is 0 Å². The number of furan rings is 1. The van der Waals surface area contributed by atoms with E-state index in [4.69, 9.17) is 4.42 Å². The lowest BCUT2D eigenvalue weighted by atomic mass is 10.1. The quantitative estimate of drug-likeness (QED) is 0.677. The van der Waals surface area contributed by atoms with Crippen molar-refractivity contribution in [3.8, 4) is 0 Å². The highest BCUT2D eigenvalue weighted by Crippen LogP contribution is 2.30. The van der Waals surface area contributed by atoms with Gasteiger partial charge in [-0.25, -0.2) is 4.39 Å². The van der Waals surface area contributed by atoms with Crippen molar-refractivity contribution in [1.29, 1.82) is 0 Å². The fraction of sp³-hybridized carbons (Fsp3) is 0.385. The molecule has 0 atom stereocenters. The average Bonchev–Trinajstić information content (AvgIpc) is 2.44. The molecule has 1 aliphatic heterocycles. The number of rotatable bonds is 0. The van der Waals surface area contributed by atoms with Gasteiger partial charge in [-0.05, 0) is 38.6 Å². The molecule has 1 aliphatic rings. The van der Waals surface area contributed by atoms with Crippen molar-refractivity contribution < 1.29 is 8.81 Å². The molecular formula is C13H14FNO. The van der Waals surface area contributed by atoms with E-state index < -0.39 is 0 Å². The van der Waals surface area contributed by atoms with Crippen LogP contribution in [-0.2, 0) is 13.0 Å². The van der Waals surface area contributed by atoms with Crippen LogP contribution in [0.15, 0.2) is 22.6 Å². The largest absolute Gasteiger partial charge is 0.459 e. The van der Waals surface area contributed by atoms with E-state index >= 15 is 0 Å². The number of halogens is 1. The van der Waals surface area contributed by atoms with E-state index in [1.807, 2.05) is 6.07 Å². The molecule has 0 unspecified atom stereocenters. The van der Waals surface area contributed by atoms with Crippen molar-refractivity contribution in [2.24, 2.45) is 0 Å². The molecule has 1 aromatic heterocycles. The lowest BCUT2D eigenvalue weighted by Crippen LogP contribution is -2.16. The van der Waals surface area contributed by atoms with Crippen LogP contribution >= 0.6 is 0 Å². The molecule has 2 nitrogen and oxygen atoms in total. The molecule has 84 valence electrons. The molecule has 3 rings (SSSR count). The topological polar surface area (TPSA) is 16.4 Å². The van der Waals surface area contributed by atoms with Crippen molar-refractivity contribution in [2.75, 3.05) is 13.6 Å². The van der Waals surface area contributed by atoms with Gasteiger partial charge in [0.25, 0.3) is 0 Å². The summed E-state index contributed by atoms with van der Waals surface area (Å²) in [6.07, 6.45) is 2.16. The van der Waals surface area contributed by atoms with Gasteiger partial charge >= 0.3 is 0 Å². The Bertz CT molecular complexity index is 532. The molecule has 0 aliphatic carbocycles. The van der Waals surface area contributed by atoms with Crippen LogP contribution in [0.5, 0.6) is 0 Å². The molecular weight excluding hydrogens is 205 g/mol. The van der Waals surface area contributed by atoms with Crippen LogP contribution in [0, 0.1) is 5.82 Å². The maximum Gasteiger partial charge on any atom is 0.137 e. The lowest BCUT2D eigenvalue weighted by Gasteiger charge is -2.10. The van der Waals surface area contributed by atoms with Gasteiger partial charge in [0.2, 0.25) is 0 Å². The fourth-order valence-electron chi connectivity index (χ4n) is 2.43. The Kier molecular flexibility index (Phi) is 2.21. The molecule has 0 fully saturated rings. The average molecular weight is 219 g/mol. The van der Waals surface area contributed by atoms with Gasteiger partial charge in [0.15, 0.2) is 0 Å². The zero-order chi connectivity index (χ0) is 11.1. The summed E-state index contributed by atoms with van der Waals surface area (Å²) in [5, 5.41) is 1.08. The molecule has 2 heterocycles. The summed E-state index contributed by atoms with van der Waals surface area (Å²) >= 11 is 0. The maximum absolute atomic E-state index is 13.1. The molecule has 0 N–H and O–H groups in total. The Morgan fingerprint density at radius 3 is 3.12 bits per heavy atom. The van der Waals surface area contributed by atoms with Crippen LogP contribution in [0.2, 0.25) is 0 Å². The highest BCUT2D eigenvalue weighted by atomic mass is 19.1. The van der Waals surface area contributed by atoms with E-state index in [2.05, 4.69) is 11.9 Å². The van der Waals surface area contributed by atoms with Gasteiger partial charge in [-0.2, -0.15) is 0 Å². The molecule has 1 aromatic carbocycles. The van der Waals surface area contributed by atoms with Crippen LogP contribution in [0.3, 0.4) is 0 Å².